The molecule has 0 atom stereocenters. The summed E-state index contributed by atoms with van der Waals surface area (Å²) in [5.41, 5.74) is 1.91. The van der Waals surface area contributed by atoms with Gasteiger partial charge in [-0.2, -0.15) is 0 Å². The van der Waals surface area contributed by atoms with Gasteiger partial charge in [0.15, 0.2) is 11.5 Å². The van der Waals surface area contributed by atoms with Gasteiger partial charge in [-0.3, -0.25) is 14.5 Å². The highest BCUT2D eigenvalue weighted by Crippen LogP contribution is 2.32. The van der Waals surface area contributed by atoms with Crippen LogP contribution in [0.5, 0.6) is 11.5 Å². The highest BCUT2D eigenvalue weighted by molar-refractivity contribution is 6.35. The van der Waals surface area contributed by atoms with Crippen molar-refractivity contribution >= 4 is 23.4 Å². The maximum Gasteiger partial charge on any atom is 0.311 e. The normalized spacial score (nSPS) is 16.0. The number of piperazine rings is 1. The van der Waals surface area contributed by atoms with Crippen LogP contribution in [0.2, 0.25) is 5.02 Å². The molecule has 1 fully saturated rings. The van der Waals surface area contributed by atoms with Gasteiger partial charge >= 0.3 is 11.8 Å². The van der Waals surface area contributed by atoms with Gasteiger partial charge in [0.05, 0.1) is 0 Å². The van der Waals surface area contributed by atoms with E-state index in [-0.39, 0.29) is 13.3 Å². The minimum absolute atomic E-state index is 0.230. The van der Waals surface area contributed by atoms with Crippen molar-refractivity contribution in [3.8, 4) is 11.5 Å². The number of carbonyl (C=O) groups is 2. The number of fused-ring (bicyclic) bond motifs is 1. The quantitative estimate of drug-likeness (QED) is 0.774. The lowest BCUT2D eigenvalue weighted by atomic mass is 10.1. The number of hydrogen-bond acceptors (Lipinski definition) is 5. The van der Waals surface area contributed by atoms with E-state index in [0.29, 0.717) is 31.2 Å². The molecule has 2 heterocycles. The lowest BCUT2D eigenvalue weighted by Gasteiger charge is -2.34. The average Bonchev–Trinajstić information content (AvgIpc) is 3.21. The molecule has 0 aromatic heterocycles. The number of halogens is 1. The molecule has 2 aromatic carbocycles. The first kappa shape index (κ1) is 19.5. The number of carbonyl (C=O) groups excluding carboxylic acids is 2. The number of rotatable bonds is 4. The van der Waals surface area contributed by atoms with Crippen molar-refractivity contribution in [3.05, 3.63) is 58.6 Å². The van der Waals surface area contributed by atoms with Gasteiger partial charge in [-0.25, -0.2) is 0 Å². The Labute approximate surface area is 174 Å². The molecule has 1 saturated heterocycles. The van der Waals surface area contributed by atoms with Crippen LogP contribution < -0.4 is 14.8 Å². The third-order valence-electron chi connectivity index (χ3n) is 5.09. The number of amides is 2. The average molecular weight is 416 g/mol. The molecule has 29 heavy (non-hydrogen) atoms. The molecule has 0 aliphatic carbocycles. The topological polar surface area (TPSA) is 71.1 Å². The van der Waals surface area contributed by atoms with Gasteiger partial charge in [0, 0.05) is 44.3 Å². The molecule has 2 amide bonds. The fourth-order valence-electron chi connectivity index (χ4n) is 3.44. The summed E-state index contributed by atoms with van der Waals surface area (Å²) in [6, 6.07) is 13.2. The predicted octanol–water partition coefficient (Wildman–Crippen LogP) is 2.03. The molecule has 7 nitrogen and oxygen atoms in total. The summed E-state index contributed by atoms with van der Waals surface area (Å²) in [5.74, 6) is 0.437. The number of nitrogens with zero attached hydrogens (tertiary/aromatic N) is 2. The molecule has 4 rings (SSSR count). The highest BCUT2D eigenvalue weighted by Gasteiger charge is 2.26. The summed E-state index contributed by atoms with van der Waals surface area (Å²) in [7, 11) is 0. The second-order valence-corrected chi connectivity index (χ2v) is 7.44. The summed E-state index contributed by atoms with van der Waals surface area (Å²) >= 11 is 6.08. The van der Waals surface area contributed by atoms with E-state index in [0.717, 1.165) is 29.2 Å². The Hall–Kier alpha value is -2.77. The molecule has 8 heteroatoms. The Balaban J connectivity index is 1.25. The molecule has 2 aliphatic rings. The summed E-state index contributed by atoms with van der Waals surface area (Å²) in [6.07, 6.45) is 0. The van der Waals surface area contributed by atoms with E-state index in [1.807, 2.05) is 36.4 Å². The summed E-state index contributed by atoms with van der Waals surface area (Å²) in [5, 5.41) is 3.22. The standard InChI is InChI=1S/C21H22ClN3O4/c22-17-4-2-1-3-16(17)12-23-20(26)21(27)25-9-7-24(8-10-25)13-15-5-6-18-19(11-15)29-14-28-18/h1-6,11H,7-10,12-14H2,(H,23,26). The monoisotopic (exact) mass is 415 g/mol. The molecule has 2 aliphatic heterocycles. The molecule has 0 spiro atoms. The second-order valence-electron chi connectivity index (χ2n) is 7.03. The minimum Gasteiger partial charge on any atom is -0.454 e. The Bertz CT molecular complexity index is 913. The molecule has 0 radical (unpaired) electrons. The van der Waals surface area contributed by atoms with Gasteiger partial charge in [-0.1, -0.05) is 35.9 Å². The van der Waals surface area contributed by atoms with Crippen LogP contribution in [0.15, 0.2) is 42.5 Å². The van der Waals surface area contributed by atoms with Crippen molar-refractivity contribution in [2.45, 2.75) is 13.1 Å². The van der Waals surface area contributed by atoms with E-state index >= 15 is 0 Å². The van der Waals surface area contributed by atoms with Crippen LogP contribution in [-0.2, 0) is 22.7 Å². The lowest BCUT2D eigenvalue weighted by molar-refractivity contribution is -0.147. The van der Waals surface area contributed by atoms with Crippen molar-refractivity contribution in [1.29, 1.82) is 0 Å². The Morgan fingerprint density at radius 3 is 2.55 bits per heavy atom. The summed E-state index contributed by atoms with van der Waals surface area (Å²) in [6.45, 7) is 3.70. The number of hydrogen-bond donors (Lipinski definition) is 1. The smallest absolute Gasteiger partial charge is 0.311 e. The third kappa shape index (κ3) is 4.63. The van der Waals surface area contributed by atoms with Crippen LogP contribution >= 0.6 is 11.6 Å². The first-order valence-corrected chi connectivity index (χ1v) is 9.89. The van der Waals surface area contributed by atoms with E-state index in [1.54, 1.807) is 11.0 Å². The molecular formula is C21H22ClN3O4. The second kappa shape index (κ2) is 8.71. The minimum atomic E-state index is -0.603. The van der Waals surface area contributed by atoms with Gasteiger partial charge in [-0.05, 0) is 29.3 Å². The maximum absolute atomic E-state index is 12.4. The van der Waals surface area contributed by atoms with Crippen LogP contribution in [0.25, 0.3) is 0 Å². The maximum atomic E-state index is 12.4. The molecular weight excluding hydrogens is 394 g/mol. The molecule has 0 unspecified atom stereocenters. The first-order chi connectivity index (χ1) is 14.1. The largest absolute Gasteiger partial charge is 0.454 e. The van der Waals surface area contributed by atoms with Crippen LogP contribution in [-0.4, -0.2) is 54.6 Å². The Morgan fingerprint density at radius 1 is 1.00 bits per heavy atom. The molecule has 152 valence electrons. The van der Waals surface area contributed by atoms with E-state index in [2.05, 4.69) is 10.2 Å². The number of benzene rings is 2. The summed E-state index contributed by atoms with van der Waals surface area (Å²) < 4.78 is 10.8. The van der Waals surface area contributed by atoms with E-state index in [9.17, 15) is 9.59 Å². The predicted molar refractivity (Wildman–Crippen MR) is 108 cm³/mol. The molecule has 2 aromatic rings. The zero-order valence-corrected chi connectivity index (χ0v) is 16.7. The number of nitrogens with one attached hydrogen (secondary N) is 1. The zero-order chi connectivity index (χ0) is 20.2. The van der Waals surface area contributed by atoms with Gasteiger partial charge < -0.3 is 19.7 Å². The van der Waals surface area contributed by atoms with Crippen molar-refractivity contribution < 1.29 is 19.1 Å². The third-order valence-corrected chi connectivity index (χ3v) is 5.46. The van der Waals surface area contributed by atoms with Crippen LogP contribution in [0.3, 0.4) is 0 Å². The van der Waals surface area contributed by atoms with Gasteiger partial charge in [0.2, 0.25) is 6.79 Å². The summed E-state index contributed by atoms with van der Waals surface area (Å²) in [4.78, 5) is 28.5. The van der Waals surface area contributed by atoms with E-state index < -0.39 is 11.8 Å². The zero-order valence-electron chi connectivity index (χ0n) is 15.9. The Kier molecular flexibility index (Phi) is 5.87. The fraction of sp³-hybridized carbons (Fsp3) is 0.333. The van der Waals surface area contributed by atoms with Crippen molar-refractivity contribution in [2.24, 2.45) is 0 Å². The molecule has 0 bridgehead atoms. The molecule has 0 saturated carbocycles. The van der Waals surface area contributed by atoms with Crippen molar-refractivity contribution in [2.75, 3.05) is 33.0 Å². The Morgan fingerprint density at radius 2 is 1.76 bits per heavy atom. The highest BCUT2D eigenvalue weighted by atomic mass is 35.5. The lowest BCUT2D eigenvalue weighted by Crippen LogP contribution is -2.52. The van der Waals surface area contributed by atoms with Crippen molar-refractivity contribution in [3.63, 3.8) is 0 Å². The van der Waals surface area contributed by atoms with Crippen LogP contribution in [0, 0.1) is 0 Å². The van der Waals surface area contributed by atoms with Gasteiger partial charge in [0.25, 0.3) is 0 Å². The van der Waals surface area contributed by atoms with Crippen molar-refractivity contribution in [1.82, 2.24) is 15.1 Å². The van der Waals surface area contributed by atoms with E-state index in [1.165, 1.54) is 0 Å². The van der Waals surface area contributed by atoms with E-state index in [4.69, 9.17) is 21.1 Å². The van der Waals surface area contributed by atoms with Gasteiger partial charge in [-0.15, -0.1) is 0 Å². The van der Waals surface area contributed by atoms with Crippen LogP contribution in [0.1, 0.15) is 11.1 Å². The van der Waals surface area contributed by atoms with Gasteiger partial charge in [0.1, 0.15) is 0 Å². The first-order valence-electron chi connectivity index (χ1n) is 9.51. The number of ether oxygens (including phenoxy) is 2. The van der Waals surface area contributed by atoms with Crippen LogP contribution in [0.4, 0.5) is 0 Å². The fourth-order valence-corrected chi connectivity index (χ4v) is 3.65. The SMILES string of the molecule is O=C(NCc1ccccc1Cl)C(=O)N1CCN(Cc2ccc3c(c2)OCO3)CC1. The molecule has 1 N–H and O–H groups in total.